The minimum absolute atomic E-state index is 0.0142. The fraction of sp³-hybridized carbons (Fsp3) is 0.438. The maximum atomic E-state index is 15.2. The van der Waals surface area contributed by atoms with Gasteiger partial charge in [0.05, 0.1) is 0 Å². The SMILES string of the molecule is Cc1nc(S(=O)(=O)N2CCC(F)(c3ccc(Cl)cc3)CC2)cn1C. The van der Waals surface area contributed by atoms with Crippen molar-refractivity contribution < 1.29 is 12.8 Å². The zero-order valence-electron chi connectivity index (χ0n) is 13.5. The molecule has 1 aromatic carbocycles. The van der Waals surface area contributed by atoms with Gasteiger partial charge in [-0.1, -0.05) is 23.7 Å². The summed E-state index contributed by atoms with van der Waals surface area (Å²) in [6, 6.07) is 6.62. The third-order valence-corrected chi connectivity index (χ3v) is 6.59. The highest BCUT2D eigenvalue weighted by molar-refractivity contribution is 7.89. The zero-order valence-corrected chi connectivity index (χ0v) is 15.1. The molecular formula is C16H19ClFN3O2S. The topological polar surface area (TPSA) is 55.2 Å². The highest BCUT2D eigenvalue weighted by atomic mass is 35.5. The van der Waals surface area contributed by atoms with Crippen molar-refractivity contribution >= 4 is 21.6 Å². The zero-order chi connectivity index (χ0) is 17.5. The molecule has 1 saturated heterocycles. The molecule has 0 unspecified atom stereocenters. The molecule has 0 atom stereocenters. The van der Waals surface area contributed by atoms with Gasteiger partial charge in [0, 0.05) is 31.4 Å². The number of hydrogen-bond donors (Lipinski definition) is 0. The van der Waals surface area contributed by atoms with Crippen LogP contribution in [-0.2, 0) is 22.7 Å². The lowest BCUT2D eigenvalue weighted by Crippen LogP contribution is -2.43. The Balaban J connectivity index is 1.78. The number of nitrogens with zero attached hydrogens (tertiary/aromatic N) is 3. The first kappa shape index (κ1) is 17.4. The average Bonchev–Trinajstić information content (AvgIpc) is 2.88. The Bertz CT molecular complexity index is 821. The van der Waals surface area contributed by atoms with Crippen LogP contribution in [0.1, 0.15) is 24.2 Å². The Morgan fingerprint density at radius 2 is 1.79 bits per heavy atom. The van der Waals surface area contributed by atoms with Crippen LogP contribution in [0.2, 0.25) is 5.02 Å². The average molecular weight is 372 g/mol. The molecule has 1 aliphatic heterocycles. The number of rotatable bonds is 3. The first-order chi connectivity index (χ1) is 11.2. The Morgan fingerprint density at radius 3 is 2.29 bits per heavy atom. The second kappa shape index (κ2) is 6.13. The summed E-state index contributed by atoms with van der Waals surface area (Å²) in [5.74, 6) is 0.617. The molecule has 1 aromatic heterocycles. The fourth-order valence-corrected chi connectivity index (χ4v) is 4.49. The number of aryl methyl sites for hydroxylation is 2. The number of sulfonamides is 1. The lowest BCUT2D eigenvalue weighted by Gasteiger charge is -2.35. The van der Waals surface area contributed by atoms with E-state index in [0.29, 0.717) is 16.4 Å². The van der Waals surface area contributed by atoms with Crippen LogP contribution in [-0.4, -0.2) is 35.4 Å². The Hall–Kier alpha value is -1.44. The largest absolute Gasteiger partial charge is 0.337 e. The standard InChI is InChI=1S/C16H19ClFN3O2S/c1-12-19-15(11-20(12)2)24(22,23)21-9-7-16(18,8-10-21)13-3-5-14(17)6-4-13/h3-6,11H,7-10H2,1-2H3. The number of halogens is 2. The first-order valence-corrected chi connectivity index (χ1v) is 9.49. The molecule has 3 rings (SSSR count). The van der Waals surface area contributed by atoms with Crippen molar-refractivity contribution in [3.05, 3.63) is 46.9 Å². The van der Waals surface area contributed by atoms with Gasteiger partial charge >= 0.3 is 0 Å². The Labute approximate surface area is 146 Å². The molecule has 0 amide bonds. The van der Waals surface area contributed by atoms with Crippen LogP contribution in [0.25, 0.3) is 0 Å². The minimum atomic E-state index is -3.69. The molecule has 0 N–H and O–H groups in total. The third-order valence-electron chi connectivity index (χ3n) is 4.57. The minimum Gasteiger partial charge on any atom is -0.337 e. The van der Waals surface area contributed by atoms with E-state index in [9.17, 15) is 8.42 Å². The number of benzene rings is 1. The molecule has 1 fully saturated rings. The van der Waals surface area contributed by atoms with E-state index in [-0.39, 0.29) is 31.0 Å². The van der Waals surface area contributed by atoms with E-state index in [2.05, 4.69) is 4.98 Å². The predicted molar refractivity (Wildman–Crippen MR) is 90.2 cm³/mol. The summed E-state index contributed by atoms with van der Waals surface area (Å²) in [4.78, 5) is 4.09. The van der Waals surface area contributed by atoms with Crippen molar-refractivity contribution in [3.8, 4) is 0 Å². The summed E-state index contributed by atoms with van der Waals surface area (Å²) >= 11 is 5.84. The van der Waals surface area contributed by atoms with Gasteiger partial charge in [0.15, 0.2) is 5.03 Å². The molecule has 0 aliphatic carbocycles. The fourth-order valence-electron chi connectivity index (χ4n) is 2.90. The van der Waals surface area contributed by atoms with E-state index in [1.54, 1.807) is 42.8 Å². The maximum Gasteiger partial charge on any atom is 0.262 e. The quantitative estimate of drug-likeness (QED) is 0.833. The van der Waals surface area contributed by atoms with Gasteiger partial charge in [-0.25, -0.2) is 17.8 Å². The Kier molecular flexibility index (Phi) is 4.44. The first-order valence-electron chi connectivity index (χ1n) is 7.67. The van der Waals surface area contributed by atoms with E-state index >= 15 is 4.39 Å². The van der Waals surface area contributed by atoms with E-state index in [4.69, 9.17) is 11.6 Å². The molecule has 5 nitrogen and oxygen atoms in total. The van der Waals surface area contributed by atoms with Crippen molar-refractivity contribution in [2.45, 2.75) is 30.5 Å². The summed E-state index contributed by atoms with van der Waals surface area (Å²) in [6.07, 6.45) is 1.71. The number of hydrogen-bond acceptors (Lipinski definition) is 3. The molecule has 130 valence electrons. The van der Waals surface area contributed by atoms with Crippen molar-refractivity contribution in [3.63, 3.8) is 0 Å². The normalized spacial score (nSPS) is 18.7. The van der Waals surface area contributed by atoms with Crippen LogP contribution >= 0.6 is 11.6 Å². The molecule has 2 heterocycles. The highest BCUT2D eigenvalue weighted by Crippen LogP contribution is 2.38. The predicted octanol–water partition coefficient (Wildman–Crippen LogP) is 3.03. The number of imidazole rings is 1. The molecule has 8 heteroatoms. The van der Waals surface area contributed by atoms with Crippen molar-refractivity contribution in [2.75, 3.05) is 13.1 Å². The second-order valence-electron chi connectivity index (χ2n) is 6.11. The number of piperidine rings is 1. The lowest BCUT2D eigenvalue weighted by atomic mass is 9.87. The maximum absolute atomic E-state index is 15.2. The van der Waals surface area contributed by atoms with Gasteiger partial charge in [-0.15, -0.1) is 0 Å². The summed E-state index contributed by atoms with van der Waals surface area (Å²) in [6.45, 7) is 1.98. The molecule has 0 radical (unpaired) electrons. The highest BCUT2D eigenvalue weighted by Gasteiger charge is 2.40. The molecule has 0 saturated carbocycles. The summed E-state index contributed by atoms with van der Waals surface area (Å²) in [5, 5.41) is 0.563. The summed E-state index contributed by atoms with van der Waals surface area (Å²) in [5.41, 5.74) is -0.992. The smallest absolute Gasteiger partial charge is 0.262 e. The summed E-state index contributed by atoms with van der Waals surface area (Å²) in [7, 11) is -1.95. The molecule has 24 heavy (non-hydrogen) atoms. The van der Waals surface area contributed by atoms with Crippen LogP contribution in [0, 0.1) is 6.92 Å². The van der Waals surface area contributed by atoms with Gasteiger partial charge in [0.1, 0.15) is 11.5 Å². The monoisotopic (exact) mass is 371 g/mol. The van der Waals surface area contributed by atoms with Gasteiger partial charge in [0.25, 0.3) is 10.0 Å². The van der Waals surface area contributed by atoms with E-state index in [0.717, 1.165) is 0 Å². The second-order valence-corrected chi connectivity index (χ2v) is 8.43. The van der Waals surface area contributed by atoms with Crippen LogP contribution in [0.4, 0.5) is 4.39 Å². The van der Waals surface area contributed by atoms with Crippen molar-refractivity contribution in [1.82, 2.24) is 13.9 Å². The van der Waals surface area contributed by atoms with Crippen LogP contribution < -0.4 is 0 Å². The van der Waals surface area contributed by atoms with Crippen molar-refractivity contribution in [2.24, 2.45) is 7.05 Å². The van der Waals surface area contributed by atoms with Crippen LogP contribution in [0.5, 0.6) is 0 Å². The van der Waals surface area contributed by atoms with Crippen LogP contribution in [0.3, 0.4) is 0 Å². The molecule has 1 aliphatic rings. The molecule has 0 spiro atoms. The van der Waals surface area contributed by atoms with Gasteiger partial charge in [-0.3, -0.25) is 0 Å². The van der Waals surface area contributed by atoms with Gasteiger partial charge in [0.2, 0.25) is 0 Å². The van der Waals surface area contributed by atoms with E-state index in [1.807, 2.05) is 0 Å². The van der Waals surface area contributed by atoms with Crippen LogP contribution in [0.15, 0.2) is 35.5 Å². The lowest BCUT2D eigenvalue weighted by molar-refractivity contribution is 0.0869. The summed E-state index contributed by atoms with van der Waals surface area (Å²) < 4.78 is 43.5. The van der Waals surface area contributed by atoms with Gasteiger partial charge in [-0.2, -0.15) is 4.31 Å². The van der Waals surface area contributed by atoms with Crippen molar-refractivity contribution in [1.29, 1.82) is 0 Å². The third kappa shape index (κ3) is 3.08. The molecular weight excluding hydrogens is 353 g/mol. The van der Waals surface area contributed by atoms with Gasteiger partial charge < -0.3 is 4.57 Å². The van der Waals surface area contributed by atoms with Gasteiger partial charge in [-0.05, 0) is 37.5 Å². The molecule has 0 bridgehead atoms. The number of alkyl halides is 1. The molecule has 2 aromatic rings. The van der Waals surface area contributed by atoms with E-state index < -0.39 is 15.7 Å². The Morgan fingerprint density at radius 1 is 1.21 bits per heavy atom. The number of aromatic nitrogens is 2. The van der Waals surface area contributed by atoms with E-state index in [1.165, 1.54) is 10.5 Å².